The van der Waals surface area contributed by atoms with Gasteiger partial charge in [-0.05, 0) is 44.3 Å². The molecule has 0 amide bonds. The fraction of sp³-hybridized carbons (Fsp3) is 0.652. The molecule has 2 aromatic rings. The van der Waals surface area contributed by atoms with E-state index in [1.165, 1.54) is 12.5 Å². The molecule has 10 heteroatoms. The van der Waals surface area contributed by atoms with E-state index in [0.29, 0.717) is 37.4 Å². The van der Waals surface area contributed by atoms with E-state index in [-0.39, 0.29) is 23.4 Å². The van der Waals surface area contributed by atoms with Crippen LogP contribution in [-0.4, -0.2) is 78.8 Å². The van der Waals surface area contributed by atoms with Gasteiger partial charge in [0.25, 0.3) is 0 Å². The molecule has 0 radical (unpaired) electrons. The summed E-state index contributed by atoms with van der Waals surface area (Å²) < 4.78 is 51.5. The van der Waals surface area contributed by atoms with Crippen molar-refractivity contribution in [1.82, 2.24) is 15.1 Å². The Labute approximate surface area is 190 Å². The summed E-state index contributed by atoms with van der Waals surface area (Å²) in [7, 11) is 0. The summed E-state index contributed by atoms with van der Waals surface area (Å²) in [5, 5.41) is 7.70. The van der Waals surface area contributed by atoms with Crippen LogP contribution >= 0.6 is 0 Å². The van der Waals surface area contributed by atoms with Gasteiger partial charge in [0, 0.05) is 24.1 Å². The molecule has 0 bridgehead atoms. The van der Waals surface area contributed by atoms with Gasteiger partial charge in [0.2, 0.25) is 6.39 Å². The lowest BCUT2D eigenvalue weighted by Crippen LogP contribution is -2.62. The molecule has 33 heavy (non-hydrogen) atoms. The maximum Gasteiger partial charge on any atom is 0.318 e. The zero-order valence-electron chi connectivity index (χ0n) is 18.4. The summed E-state index contributed by atoms with van der Waals surface area (Å²) in [6, 6.07) is 3.25. The molecule has 4 saturated heterocycles. The Hall–Kier alpha value is -2.30. The first-order valence-corrected chi connectivity index (χ1v) is 11.7. The molecule has 6 rings (SSSR count). The highest BCUT2D eigenvalue weighted by atomic mass is 19.1. The Morgan fingerprint density at radius 2 is 1.94 bits per heavy atom. The molecule has 4 fully saturated rings. The van der Waals surface area contributed by atoms with Gasteiger partial charge < -0.3 is 23.5 Å². The summed E-state index contributed by atoms with van der Waals surface area (Å²) in [6.45, 7) is 5.01. The van der Waals surface area contributed by atoms with Crippen LogP contribution in [0.5, 0.6) is 5.75 Å². The number of likely N-dealkylation sites (tertiary alicyclic amines) is 1. The van der Waals surface area contributed by atoms with E-state index < -0.39 is 11.6 Å². The Balaban J connectivity index is 1.08. The van der Waals surface area contributed by atoms with Crippen molar-refractivity contribution in [3.8, 4) is 5.75 Å². The van der Waals surface area contributed by atoms with Crippen LogP contribution in [0.3, 0.4) is 0 Å². The molecule has 4 aliphatic heterocycles. The second kappa shape index (κ2) is 8.48. The monoisotopic (exact) mass is 462 g/mol. The van der Waals surface area contributed by atoms with Crippen molar-refractivity contribution >= 4 is 6.01 Å². The number of piperidine rings is 1. The summed E-state index contributed by atoms with van der Waals surface area (Å²) in [5.74, 6) is -0.913. The van der Waals surface area contributed by atoms with Crippen LogP contribution in [0.2, 0.25) is 0 Å². The third-order valence-electron chi connectivity index (χ3n) is 7.46. The number of anilines is 1. The molecule has 0 N–H and O–H groups in total. The molecular formula is C23H28F2N4O4. The minimum absolute atomic E-state index is 0.0665. The van der Waals surface area contributed by atoms with Gasteiger partial charge in [0.15, 0.2) is 11.6 Å². The van der Waals surface area contributed by atoms with Gasteiger partial charge in [-0.3, -0.25) is 4.90 Å². The first-order chi connectivity index (χ1) is 16.1. The van der Waals surface area contributed by atoms with Crippen LogP contribution in [0.1, 0.15) is 37.2 Å². The molecule has 5 heterocycles. The average molecular weight is 462 g/mol. The lowest BCUT2D eigenvalue weighted by Gasteiger charge is -2.46. The second-order valence-electron chi connectivity index (χ2n) is 9.65. The van der Waals surface area contributed by atoms with E-state index in [0.717, 1.165) is 57.9 Å². The third kappa shape index (κ3) is 4.08. The Morgan fingerprint density at radius 1 is 1.09 bits per heavy atom. The van der Waals surface area contributed by atoms with Crippen LogP contribution in [0.25, 0.3) is 0 Å². The fourth-order valence-electron chi connectivity index (χ4n) is 5.72. The van der Waals surface area contributed by atoms with Gasteiger partial charge in [0.05, 0.1) is 32.9 Å². The van der Waals surface area contributed by atoms with Gasteiger partial charge in [-0.25, -0.2) is 8.78 Å². The van der Waals surface area contributed by atoms with Crippen molar-refractivity contribution in [2.45, 2.75) is 49.3 Å². The normalized spacial score (nSPS) is 27.9. The molecule has 4 aliphatic rings. The highest BCUT2D eigenvalue weighted by Crippen LogP contribution is 2.42. The van der Waals surface area contributed by atoms with Gasteiger partial charge in [-0.15, -0.1) is 5.10 Å². The first-order valence-electron chi connectivity index (χ1n) is 11.7. The van der Waals surface area contributed by atoms with Gasteiger partial charge >= 0.3 is 6.01 Å². The van der Waals surface area contributed by atoms with E-state index in [1.54, 1.807) is 0 Å². The Kier molecular flexibility index (Phi) is 5.46. The van der Waals surface area contributed by atoms with Crippen molar-refractivity contribution in [3.05, 3.63) is 35.7 Å². The Bertz CT molecular complexity index is 971. The number of rotatable bonds is 5. The van der Waals surface area contributed by atoms with Crippen molar-refractivity contribution in [3.63, 3.8) is 0 Å². The topological polar surface area (TPSA) is 73.1 Å². The van der Waals surface area contributed by atoms with Crippen molar-refractivity contribution in [2.24, 2.45) is 0 Å². The smallest absolute Gasteiger partial charge is 0.318 e. The number of halogens is 2. The number of ether oxygens (including phenoxy) is 3. The number of hydrogen-bond acceptors (Lipinski definition) is 8. The third-order valence-corrected chi connectivity index (χ3v) is 7.46. The predicted octanol–water partition coefficient (Wildman–Crippen LogP) is 2.74. The minimum atomic E-state index is -0.624. The number of aromatic nitrogens is 2. The van der Waals surface area contributed by atoms with Gasteiger partial charge in [-0.1, -0.05) is 5.10 Å². The lowest BCUT2D eigenvalue weighted by molar-refractivity contribution is -0.0216. The standard InChI is InChI=1S/C23H28F2N4O4/c24-16-7-19(21(20(25)8-16)33-18-3-6-30-11-18)15-1-4-28(5-2-15)17-9-23(32-10-17)12-29(13-23)22-27-26-14-31-22/h7-8,14-15,17-18H,1-6,9-13H2/t17?,18-/m1/s1. The first kappa shape index (κ1) is 21.2. The van der Waals surface area contributed by atoms with Crippen molar-refractivity contribution in [2.75, 3.05) is 50.9 Å². The van der Waals surface area contributed by atoms with E-state index in [2.05, 4.69) is 15.1 Å². The zero-order valence-corrected chi connectivity index (χ0v) is 18.4. The summed E-state index contributed by atoms with van der Waals surface area (Å²) in [6.07, 6.45) is 4.51. The zero-order chi connectivity index (χ0) is 22.4. The van der Waals surface area contributed by atoms with E-state index >= 15 is 0 Å². The maximum atomic E-state index is 14.7. The molecule has 8 nitrogen and oxygen atoms in total. The SMILES string of the molecule is Fc1cc(F)c(O[C@@H]2CCOC2)c(C2CCN(C3COC4(C3)CN(c3nnco3)C4)CC2)c1. The van der Waals surface area contributed by atoms with E-state index in [4.69, 9.17) is 18.6 Å². The fourth-order valence-corrected chi connectivity index (χ4v) is 5.72. The van der Waals surface area contributed by atoms with Crippen LogP contribution in [0.4, 0.5) is 14.8 Å². The van der Waals surface area contributed by atoms with Crippen LogP contribution in [-0.2, 0) is 9.47 Å². The van der Waals surface area contributed by atoms with E-state index in [1.807, 2.05) is 4.90 Å². The molecule has 1 spiro atoms. The highest BCUT2D eigenvalue weighted by Gasteiger charge is 2.52. The predicted molar refractivity (Wildman–Crippen MR) is 113 cm³/mol. The maximum absolute atomic E-state index is 14.7. The minimum Gasteiger partial charge on any atom is -0.485 e. The molecule has 0 saturated carbocycles. The number of benzene rings is 1. The van der Waals surface area contributed by atoms with E-state index in [9.17, 15) is 8.78 Å². The van der Waals surface area contributed by atoms with Crippen LogP contribution in [0.15, 0.2) is 22.9 Å². The molecule has 1 aromatic heterocycles. The van der Waals surface area contributed by atoms with Crippen molar-refractivity contribution < 1.29 is 27.4 Å². The number of hydrogen-bond donors (Lipinski definition) is 0. The Morgan fingerprint density at radius 3 is 2.67 bits per heavy atom. The average Bonchev–Trinajstić information content (AvgIpc) is 3.56. The van der Waals surface area contributed by atoms with Gasteiger partial charge in [-0.2, -0.15) is 0 Å². The lowest BCUT2D eigenvalue weighted by atomic mass is 9.86. The summed E-state index contributed by atoms with van der Waals surface area (Å²) in [4.78, 5) is 4.50. The largest absolute Gasteiger partial charge is 0.485 e. The molecular weight excluding hydrogens is 434 g/mol. The van der Waals surface area contributed by atoms with Crippen LogP contribution in [0, 0.1) is 11.6 Å². The van der Waals surface area contributed by atoms with Crippen molar-refractivity contribution in [1.29, 1.82) is 0 Å². The van der Waals surface area contributed by atoms with Gasteiger partial charge in [0.1, 0.15) is 17.5 Å². The summed E-state index contributed by atoms with van der Waals surface area (Å²) in [5.41, 5.74) is 0.499. The molecule has 0 aliphatic carbocycles. The molecule has 1 aromatic carbocycles. The molecule has 1 unspecified atom stereocenters. The molecule has 2 atom stereocenters. The quantitative estimate of drug-likeness (QED) is 0.672. The molecule has 178 valence electrons. The highest BCUT2D eigenvalue weighted by molar-refractivity contribution is 5.39. The summed E-state index contributed by atoms with van der Waals surface area (Å²) >= 11 is 0. The second-order valence-corrected chi connectivity index (χ2v) is 9.65. The van der Waals surface area contributed by atoms with Crippen LogP contribution < -0.4 is 9.64 Å². The number of nitrogens with zero attached hydrogens (tertiary/aromatic N) is 4.